The van der Waals surface area contributed by atoms with E-state index in [0.29, 0.717) is 17.1 Å². The van der Waals surface area contributed by atoms with Gasteiger partial charge in [0.25, 0.3) is 0 Å². The Morgan fingerprint density at radius 3 is 2.71 bits per heavy atom. The summed E-state index contributed by atoms with van der Waals surface area (Å²) in [5, 5.41) is 2.84. The summed E-state index contributed by atoms with van der Waals surface area (Å²) in [6.07, 6.45) is 0.791. The number of carbonyl (C=O) groups is 1. The summed E-state index contributed by atoms with van der Waals surface area (Å²) in [4.78, 5) is 12.3. The summed E-state index contributed by atoms with van der Waals surface area (Å²) in [6, 6.07) is 14.1. The largest absolute Gasteiger partial charge is 0.398 e. The number of thioether (sulfide) groups is 1. The van der Waals surface area contributed by atoms with Crippen molar-refractivity contribution >= 4 is 23.4 Å². The van der Waals surface area contributed by atoms with Crippen molar-refractivity contribution in [2.45, 2.75) is 11.3 Å². The molecule has 0 heterocycles. The second-order valence-electron chi connectivity index (χ2n) is 4.56. The molecule has 0 unspecified atom stereocenters. The smallest absolute Gasteiger partial charge is 0.230 e. The third-order valence-corrected chi connectivity index (χ3v) is 3.98. The number of hydrogen-bond acceptors (Lipinski definition) is 3. The van der Waals surface area contributed by atoms with E-state index in [1.165, 1.54) is 35.5 Å². The number of hydrogen-bond donors (Lipinski definition) is 2. The molecule has 2 aromatic carbocycles. The number of rotatable bonds is 6. The summed E-state index contributed by atoms with van der Waals surface area (Å²) in [5.41, 5.74) is 7.40. The zero-order chi connectivity index (χ0) is 15.1. The van der Waals surface area contributed by atoms with Gasteiger partial charge in [-0.15, -0.1) is 11.8 Å². The van der Waals surface area contributed by atoms with Crippen LogP contribution in [-0.2, 0) is 11.2 Å². The summed E-state index contributed by atoms with van der Waals surface area (Å²) in [7, 11) is 0. The molecule has 1 amide bonds. The zero-order valence-electron chi connectivity index (χ0n) is 11.5. The van der Waals surface area contributed by atoms with Crippen molar-refractivity contribution in [1.82, 2.24) is 5.32 Å². The molecule has 0 bridgehead atoms. The summed E-state index contributed by atoms with van der Waals surface area (Å²) < 4.78 is 13.1. The molecule has 0 aliphatic carbocycles. The molecule has 0 fully saturated rings. The Bertz CT molecular complexity index is 604. The van der Waals surface area contributed by atoms with Crippen LogP contribution in [0.4, 0.5) is 10.1 Å². The number of nitrogens with one attached hydrogen (secondary N) is 1. The van der Waals surface area contributed by atoms with E-state index in [9.17, 15) is 9.18 Å². The van der Waals surface area contributed by atoms with Crippen LogP contribution < -0.4 is 11.1 Å². The van der Waals surface area contributed by atoms with E-state index < -0.39 is 0 Å². The normalized spacial score (nSPS) is 10.3. The minimum Gasteiger partial charge on any atom is -0.398 e. The Kier molecular flexibility index (Phi) is 5.63. The number of nitrogen functional groups attached to an aromatic ring is 1. The van der Waals surface area contributed by atoms with Gasteiger partial charge in [-0.2, -0.15) is 0 Å². The highest BCUT2D eigenvalue weighted by molar-refractivity contribution is 8.00. The van der Waals surface area contributed by atoms with Crippen LogP contribution in [0.5, 0.6) is 0 Å². The van der Waals surface area contributed by atoms with Gasteiger partial charge in [0.05, 0.1) is 5.75 Å². The molecular weight excluding hydrogens is 287 g/mol. The summed E-state index contributed by atoms with van der Waals surface area (Å²) in [5.74, 6) is -0.210. The SMILES string of the molecule is Nc1ccc(F)cc1SCC(=O)NCCc1ccccc1. The molecule has 0 aromatic heterocycles. The number of carbonyl (C=O) groups excluding carboxylic acids is 1. The predicted octanol–water partition coefficient (Wildman–Crippen LogP) is 2.86. The highest BCUT2D eigenvalue weighted by Gasteiger charge is 2.06. The Hall–Kier alpha value is -2.01. The fourth-order valence-electron chi connectivity index (χ4n) is 1.82. The van der Waals surface area contributed by atoms with Crippen molar-refractivity contribution in [3.05, 3.63) is 59.9 Å². The van der Waals surface area contributed by atoms with Crippen LogP contribution in [-0.4, -0.2) is 18.2 Å². The molecule has 21 heavy (non-hydrogen) atoms. The van der Waals surface area contributed by atoms with Gasteiger partial charge in [-0.3, -0.25) is 4.79 Å². The number of nitrogens with two attached hydrogens (primary N) is 1. The Morgan fingerprint density at radius 2 is 1.95 bits per heavy atom. The van der Waals surface area contributed by atoms with Crippen molar-refractivity contribution in [1.29, 1.82) is 0 Å². The van der Waals surface area contributed by atoms with Crippen molar-refractivity contribution in [3.63, 3.8) is 0 Å². The third kappa shape index (κ3) is 5.11. The van der Waals surface area contributed by atoms with Crippen molar-refractivity contribution in [3.8, 4) is 0 Å². The molecule has 5 heteroatoms. The molecule has 0 aliphatic heterocycles. The van der Waals surface area contributed by atoms with Crippen molar-refractivity contribution < 1.29 is 9.18 Å². The molecule has 2 aromatic rings. The topological polar surface area (TPSA) is 55.1 Å². The molecule has 0 saturated heterocycles. The van der Waals surface area contributed by atoms with Crippen LogP contribution in [0.1, 0.15) is 5.56 Å². The first kappa shape index (κ1) is 15.4. The third-order valence-electron chi connectivity index (χ3n) is 2.91. The standard InChI is InChI=1S/C16H17FN2OS/c17-13-6-7-14(18)15(10-13)21-11-16(20)19-9-8-12-4-2-1-3-5-12/h1-7,10H,8-9,11,18H2,(H,19,20). The van der Waals surface area contributed by atoms with Crippen LogP contribution in [0.3, 0.4) is 0 Å². The van der Waals surface area contributed by atoms with E-state index in [-0.39, 0.29) is 17.5 Å². The molecule has 3 nitrogen and oxygen atoms in total. The first-order chi connectivity index (χ1) is 10.1. The Morgan fingerprint density at radius 1 is 1.19 bits per heavy atom. The predicted molar refractivity (Wildman–Crippen MR) is 84.7 cm³/mol. The first-order valence-corrected chi connectivity index (χ1v) is 7.62. The Labute approximate surface area is 127 Å². The average Bonchev–Trinajstić information content (AvgIpc) is 2.49. The number of benzene rings is 2. The van der Waals surface area contributed by atoms with Gasteiger partial charge < -0.3 is 11.1 Å². The Balaban J connectivity index is 1.74. The van der Waals surface area contributed by atoms with Crippen LogP contribution in [0.15, 0.2) is 53.4 Å². The average molecular weight is 304 g/mol. The second-order valence-corrected chi connectivity index (χ2v) is 5.57. The van der Waals surface area contributed by atoms with Gasteiger partial charge in [0, 0.05) is 17.1 Å². The van der Waals surface area contributed by atoms with E-state index in [0.717, 1.165) is 6.42 Å². The molecule has 0 spiro atoms. The minimum absolute atomic E-state index is 0.0837. The maximum absolute atomic E-state index is 13.1. The molecule has 110 valence electrons. The summed E-state index contributed by atoms with van der Waals surface area (Å²) in [6.45, 7) is 0.585. The van der Waals surface area contributed by atoms with Gasteiger partial charge in [-0.05, 0) is 30.2 Å². The number of halogens is 1. The molecular formula is C16H17FN2OS. The quantitative estimate of drug-likeness (QED) is 0.637. The highest BCUT2D eigenvalue weighted by Crippen LogP contribution is 2.25. The van der Waals surface area contributed by atoms with E-state index in [1.54, 1.807) is 0 Å². The first-order valence-electron chi connectivity index (χ1n) is 6.63. The van der Waals surface area contributed by atoms with Gasteiger partial charge >= 0.3 is 0 Å². The lowest BCUT2D eigenvalue weighted by molar-refractivity contribution is -0.118. The molecule has 3 N–H and O–H groups in total. The van der Waals surface area contributed by atoms with Crippen LogP contribution in [0.25, 0.3) is 0 Å². The van der Waals surface area contributed by atoms with Gasteiger partial charge in [0.15, 0.2) is 0 Å². The van der Waals surface area contributed by atoms with Gasteiger partial charge in [0.1, 0.15) is 5.82 Å². The lowest BCUT2D eigenvalue weighted by Gasteiger charge is -2.07. The lowest BCUT2D eigenvalue weighted by Crippen LogP contribution is -2.27. The second kappa shape index (κ2) is 7.69. The van der Waals surface area contributed by atoms with Gasteiger partial charge in [-0.25, -0.2) is 4.39 Å². The van der Waals surface area contributed by atoms with E-state index >= 15 is 0 Å². The molecule has 0 atom stereocenters. The fraction of sp³-hybridized carbons (Fsp3) is 0.188. The van der Waals surface area contributed by atoms with Gasteiger partial charge in [0.2, 0.25) is 5.91 Å². The minimum atomic E-state index is -0.351. The number of amides is 1. The molecule has 0 radical (unpaired) electrons. The zero-order valence-corrected chi connectivity index (χ0v) is 12.3. The fourth-order valence-corrected chi connectivity index (χ4v) is 2.64. The van der Waals surface area contributed by atoms with Crippen LogP contribution in [0, 0.1) is 5.82 Å². The van der Waals surface area contributed by atoms with E-state index in [2.05, 4.69) is 5.32 Å². The molecule has 0 saturated carbocycles. The van der Waals surface area contributed by atoms with Crippen molar-refractivity contribution in [2.75, 3.05) is 18.0 Å². The van der Waals surface area contributed by atoms with Crippen molar-refractivity contribution in [2.24, 2.45) is 0 Å². The van der Waals surface area contributed by atoms with Crippen LogP contribution >= 0.6 is 11.8 Å². The maximum atomic E-state index is 13.1. The van der Waals surface area contributed by atoms with E-state index in [1.807, 2.05) is 30.3 Å². The van der Waals surface area contributed by atoms with Crippen LogP contribution in [0.2, 0.25) is 0 Å². The van der Waals surface area contributed by atoms with E-state index in [4.69, 9.17) is 5.73 Å². The lowest BCUT2D eigenvalue weighted by atomic mass is 10.1. The molecule has 0 aliphatic rings. The summed E-state index contributed by atoms with van der Waals surface area (Å²) >= 11 is 1.24. The molecule has 2 rings (SSSR count). The van der Waals surface area contributed by atoms with Gasteiger partial charge in [-0.1, -0.05) is 30.3 Å². The monoisotopic (exact) mass is 304 g/mol. The highest BCUT2D eigenvalue weighted by atomic mass is 32.2. The number of anilines is 1. The maximum Gasteiger partial charge on any atom is 0.230 e.